The number of hydrogen-bond acceptors (Lipinski definition) is 3. The second-order valence-corrected chi connectivity index (χ2v) is 6.93. The minimum absolute atomic E-state index is 0.374. The van der Waals surface area contributed by atoms with Gasteiger partial charge in [0, 0.05) is 5.82 Å². The molecule has 0 aliphatic heterocycles. The van der Waals surface area contributed by atoms with Crippen molar-refractivity contribution in [1.29, 1.82) is 0 Å². The van der Waals surface area contributed by atoms with Crippen LogP contribution < -0.4 is 0 Å². The molecule has 22 heavy (non-hydrogen) atoms. The zero-order valence-electron chi connectivity index (χ0n) is 14.7. The van der Waals surface area contributed by atoms with Crippen LogP contribution in [0.1, 0.15) is 53.9 Å². The fourth-order valence-electron chi connectivity index (χ4n) is 1.79. The SMILES string of the molecule is C/C=C\CC/C(C)=C/C/C=C(C)/C=C/P(=O)(OCC)OCC. The Balaban J connectivity index is 4.50. The number of rotatable bonds is 11. The maximum absolute atomic E-state index is 12.3. The highest BCUT2D eigenvalue weighted by Crippen LogP contribution is 2.49. The molecule has 0 aromatic rings. The van der Waals surface area contributed by atoms with Gasteiger partial charge < -0.3 is 9.05 Å². The minimum Gasteiger partial charge on any atom is -0.306 e. The third kappa shape index (κ3) is 10.8. The highest BCUT2D eigenvalue weighted by molar-refractivity contribution is 7.57. The van der Waals surface area contributed by atoms with Crippen molar-refractivity contribution in [2.24, 2.45) is 0 Å². The average Bonchev–Trinajstić information content (AvgIpc) is 2.46. The van der Waals surface area contributed by atoms with Crippen molar-refractivity contribution in [3.63, 3.8) is 0 Å². The second kappa shape index (κ2) is 12.6. The summed E-state index contributed by atoms with van der Waals surface area (Å²) < 4.78 is 22.7. The molecule has 0 unspecified atom stereocenters. The van der Waals surface area contributed by atoms with Crippen LogP contribution in [0.15, 0.2) is 47.3 Å². The van der Waals surface area contributed by atoms with E-state index in [9.17, 15) is 4.57 Å². The van der Waals surface area contributed by atoms with E-state index < -0.39 is 7.60 Å². The van der Waals surface area contributed by atoms with E-state index in [1.807, 2.05) is 33.8 Å². The summed E-state index contributed by atoms with van der Waals surface area (Å²) in [6, 6.07) is 0. The van der Waals surface area contributed by atoms with Gasteiger partial charge in [0.15, 0.2) is 0 Å². The third-order valence-electron chi connectivity index (χ3n) is 2.99. The van der Waals surface area contributed by atoms with Crippen molar-refractivity contribution >= 4 is 7.60 Å². The predicted octanol–water partition coefficient (Wildman–Crippen LogP) is 6.41. The van der Waals surface area contributed by atoms with Crippen LogP contribution in [0.2, 0.25) is 0 Å². The van der Waals surface area contributed by atoms with Crippen LogP contribution in [-0.4, -0.2) is 13.2 Å². The van der Waals surface area contributed by atoms with Crippen LogP contribution in [0.5, 0.6) is 0 Å². The lowest BCUT2D eigenvalue weighted by molar-refractivity contribution is 0.229. The van der Waals surface area contributed by atoms with E-state index in [0.29, 0.717) is 13.2 Å². The molecule has 4 heteroatoms. The van der Waals surface area contributed by atoms with Crippen LogP contribution in [0.4, 0.5) is 0 Å². The van der Waals surface area contributed by atoms with Gasteiger partial charge in [-0.1, -0.05) is 41.5 Å². The molecule has 0 aromatic carbocycles. The first-order chi connectivity index (χ1) is 10.5. The lowest BCUT2D eigenvalue weighted by Gasteiger charge is -2.12. The lowest BCUT2D eigenvalue weighted by atomic mass is 10.1. The Morgan fingerprint density at radius 3 is 2.27 bits per heavy atom. The third-order valence-corrected chi connectivity index (χ3v) is 4.74. The molecular weight excluding hydrogens is 295 g/mol. The van der Waals surface area contributed by atoms with E-state index >= 15 is 0 Å². The first kappa shape index (κ1) is 21.1. The zero-order valence-corrected chi connectivity index (χ0v) is 15.6. The maximum Gasteiger partial charge on any atom is 0.354 e. The normalized spacial score (nSPS) is 14.4. The predicted molar refractivity (Wildman–Crippen MR) is 96.2 cm³/mol. The molecule has 0 fully saturated rings. The Labute approximate surface area is 136 Å². The quantitative estimate of drug-likeness (QED) is 0.250. The smallest absolute Gasteiger partial charge is 0.306 e. The van der Waals surface area contributed by atoms with E-state index in [-0.39, 0.29) is 0 Å². The van der Waals surface area contributed by atoms with Crippen molar-refractivity contribution in [2.75, 3.05) is 13.2 Å². The first-order valence-electron chi connectivity index (χ1n) is 7.99. The molecule has 0 atom stereocenters. The molecule has 0 aromatic heterocycles. The van der Waals surface area contributed by atoms with Gasteiger partial charge in [0.2, 0.25) is 0 Å². The van der Waals surface area contributed by atoms with Gasteiger partial charge in [-0.3, -0.25) is 4.57 Å². The first-order valence-corrected chi connectivity index (χ1v) is 9.60. The van der Waals surface area contributed by atoms with Gasteiger partial charge in [0.25, 0.3) is 0 Å². The molecule has 0 aliphatic carbocycles. The van der Waals surface area contributed by atoms with Gasteiger partial charge in [-0.2, -0.15) is 0 Å². The molecular formula is C18H31O3P. The van der Waals surface area contributed by atoms with Crippen molar-refractivity contribution in [1.82, 2.24) is 0 Å². The summed E-state index contributed by atoms with van der Waals surface area (Å²) in [5, 5.41) is 0. The van der Waals surface area contributed by atoms with E-state index in [1.54, 1.807) is 5.82 Å². The van der Waals surface area contributed by atoms with E-state index in [0.717, 1.165) is 24.8 Å². The molecule has 0 spiro atoms. The largest absolute Gasteiger partial charge is 0.354 e. The summed E-state index contributed by atoms with van der Waals surface area (Å²) >= 11 is 0. The molecule has 0 heterocycles. The van der Waals surface area contributed by atoms with Crippen LogP contribution in [0.3, 0.4) is 0 Å². The van der Waals surface area contributed by atoms with Crippen molar-refractivity contribution in [3.05, 3.63) is 47.3 Å². The topological polar surface area (TPSA) is 35.5 Å². The summed E-state index contributed by atoms with van der Waals surface area (Å²) in [6.07, 6.45) is 13.5. The van der Waals surface area contributed by atoms with Gasteiger partial charge in [-0.25, -0.2) is 0 Å². The molecule has 0 saturated carbocycles. The van der Waals surface area contributed by atoms with Crippen molar-refractivity contribution < 1.29 is 13.6 Å². The van der Waals surface area contributed by atoms with Crippen LogP contribution in [0, 0.1) is 0 Å². The molecule has 0 N–H and O–H groups in total. The minimum atomic E-state index is -3.09. The lowest BCUT2D eigenvalue weighted by Crippen LogP contribution is -1.92. The Hall–Kier alpha value is -0.890. The molecule has 0 amide bonds. The Morgan fingerprint density at radius 2 is 1.73 bits per heavy atom. The van der Waals surface area contributed by atoms with E-state index in [4.69, 9.17) is 9.05 Å². The number of allylic oxidation sites excluding steroid dienone is 7. The number of hydrogen-bond donors (Lipinski definition) is 0. The molecule has 0 bridgehead atoms. The molecule has 0 rings (SSSR count). The monoisotopic (exact) mass is 326 g/mol. The Bertz CT molecular complexity index is 449. The van der Waals surface area contributed by atoms with Crippen LogP contribution in [0.25, 0.3) is 0 Å². The Morgan fingerprint density at radius 1 is 1.09 bits per heavy atom. The second-order valence-electron chi connectivity index (χ2n) is 5.03. The maximum atomic E-state index is 12.3. The summed E-state index contributed by atoms with van der Waals surface area (Å²) in [6.45, 7) is 10.5. The van der Waals surface area contributed by atoms with Gasteiger partial charge in [0.1, 0.15) is 0 Å². The van der Waals surface area contributed by atoms with Crippen LogP contribution in [-0.2, 0) is 13.6 Å². The fourth-order valence-corrected chi connectivity index (χ4v) is 3.17. The summed E-state index contributed by atoms with van der Waals surface area (Å²) in [5.41, 5.74) is 2.44. The molecule has 3 nitrogen and oxygen atoms in total. The highest BCUT2D eigenvalue weighted by atomic mass is 31.2. The van der Waals surface area contributed by atoms with Gasteiger partial charge >= 0.3 is 7.60 Å². The van der Waals surface area contributed by atoms with E-state index in [1.165, 1.54) is 5.57 Å². The average molecular weight is 326 g/mol. The molecule has 0 saturated heterocycles. The highest BCUT2D eigenvalue weighted by Gasteiger charge is 2.18. The van der Waals surface area contributed by atoms with Gasteiger partial charge in [-0.15, -0.1) is 0 Å². The summed E-state index contributed by atoms with van der Waals surface area (Å²) in [5.74, 6) is 1.55. The van der Waals surface area contributed by atoms with Gasteiger partial charge in [-0.05, 0) is 53.9 Å². The van der Waals surface area contributed by atoms with Crippen LogP contribution >= 0.6 is 7.60 Å². The molecule has 0 radical (unpaired) electrons. The molecule has 126 valence electrons. The Kier molecular flexibility index (Phi) is 12.1. The zero-order chi connectivity index (χ0) is 16.8. The van der Waals surface area contributed by atoms with Crippen molar-refractivity contribution in [2.45, 2.75) is 53.9 Å². The van der Waals surface area contributed by atoms with Gasteiger partial charge in [0.05, 0.1) is 13.2 Å². The fraction of sp³-hybridized carbons (Fsp3) is 0.556. The standard InChI is InChI=1S/C18H31O3P/c1-6-9-10-12-17(4)13-11-14-18(5)15-16-22(19,20-7-2)21-8-3/h6,9,13-16H,7-8,10-12H2,1-5H3/b9-6-,16-15+,17-13+,18-14+. The van der Waals surface area contributed by atoms with E-state index in [2.05, 4.69) is 31.2 Å². The molecule has 0 aliphatic rings. The van der Waals surface area contributed by atoms with Crippen molar-refractivity contribution in [3.8, 4) is 0 Å². The summed E-state index contributed by atoms with van der Waals surface area (Å²) in [7, 11) is -3.09. The summed E-state index contributed by atoms with van der Waals surface area (Å²) in [4.78, 5) is 0.